The largest absolute Gasteiger partial charge is 0.496 e. The maximum absolute atomic E-state index is 13.3. The van der Waals surface area contributed by atoms with Gasteiger partial charge in [-0.25, -0.2) is 0 Å². The van der Waals surface area contributed by atoms with Crippen molar-refractivity contribution in [2.75, 3.05) is 27.9 Å². The van der Waals surface area contributed by atoms with E-state index in [2.05, 4.69) is 5.32 Å². The molecular weight excluding hydrogens is 479 g/mol. The van der Waals surface area contributed by atoms with Gasteiger partial charge in [-0.1, -0.05) is 18.2 Å². The summed E-state index contributed by atoms with van der Waals surface area (Å²) in [7, 11) is 4.13. The Labute approximate surface area is 207 Å². The van der Waals surface area contributed by atoms with Crippen LogP contribution in [0.2, 0.25) is 0 Å². The maximum atomic E-state index is 13.3. The van der Waals surface area contributed by atoms with Crippen molar-refractivity contribution >= 4 is 11.9 Å². The lowest BCUT2D eigenvalue weighted by Gasteiger charge is -2.23. The molecule has 3 atom stereocenters. The third-order valence-corrected chi connectivity index (χ3v) is 5.94. The van der Waals surface area contributed by atoms with Crippen molar-refractivity contribution in [3.8, 4) is 17.2 Å². The maximum Gasteiger partial charge on any atom is 0.419 e. The lowest BCUT2D eigenvalue weighted by atomic mass is 9.85. The number of allylic oxidation sites excluding steroid dienone is 1. The van der Waals surface area contributed by atoms with E-state index in [1.54, 1.807) is 37.3 Å². The molecule has 0 saturated heterocycles. The van der Waals surface area contributed by atoms with Crippen molar-refractivity contribution in [3.05, 3.63) is 65.2 Å². The molecule has 0 radical (unpaired) electrons. The normalized spacial score (nSPS) is 17.9. The van der Waals surface area contributed by atoms with Gasteiger partial charge in [0.05, 0.1) is 39.4 Å². The lowest BCUT2D eigenvalue weighted by molar-refractivity contribution is -0.146. The van der Waals surface area contributed by atoms with Crippen LogP contribution in [0, 0.1) is 5.92 Å². The zero-order chi connectivity index (χ0) is 26.5. The van der Waals surface area contributed by atoms with Gasteiger partial charge in [0, 0.05) is 11.6 Å². The van der Waals surface area contributed by atoms with Crippen LogP contribution in [0.1, 0.15) is 40.7 Å². The number of alkyl halides is 3. The first kappa shape index (κ1) is 26.9. The third-order valence-electron chi connectivity index (χ3n) is 5.94. The van der Waals surface area contributed by atoms with Gasteiger partial charge in [0.15, 0.2) is 11.5 Å². The predicted molar refractivity (Wildman–Crippen MR) is 125 cm³/mol. The fraction of sp³-hybridized carbons (Fsp3) is 0.385. The minimum absolute atomic E-state index is 0.151. The topological polar surface area (TPSA) is 83.1 Å². The third kappa shape index (κ3) is 5.92. The average molecular weight is 508 g/mol. The van der Waals surface area contributed by atoms with Crippen LogP contribution < -0.4 is 19.5 Å². The second kappa shape index (κ2) is 11.4. The minimum Gasteiger partial charge on any atom is -0.496 e. The summed E-state index contributed by atoms with van der Waals surface area (Å²) in [6, 6.07) is 7.80. The van der Waals surface area contributed by atoms with E-state index >= 15 is 0 Å². The summed E-state index contributed by atoms with van der Waals surface area (Å²) in [6.45, 7) is 1.90. The molecule has 0 spiro atoms. The van der Waals surface area contributed by atoms with E-state index in [0.29, 0.717) is 23.5 Å². The molecule has 194 valence electrons. The van der Waals surface area contributed by atoms with E-state index in [-0.39, 0.29) is 23.8 Å². The molecule has 1 aliphatic rings. The highest BCUT2D eigenvalue weighted by molar-refractivity contribution is 5.95. The van der Waals surface area contributed by atoms with Gasteiger partial charge < -0.3 is 24.3 Å². The number of esters is 1. The van der Waals surface area contributed by atoms with Gasteiger partial charge >= 0.3 is 12.1 Å². The molecule has 0 bridgehead atoms. The van der Waals surface area contributed by atoms with Gasteiger partial charge in [-0.2, -0.15) is 13.2 Å². The molecule has 0 fully saturated rings. The van der Waals surface area contributed by atoms with Crippen LogP contribution in [0.3, 0.4) is 0 Å². The summed E-state index contributed by atoms with van der Waals surface area (Å²) in [6.07, 6.45) is -0.791. The Kier molecular flexibility index (Phi) is 8.49. The quantitative estimate of drug-likeness (QED) is 0.390. The van der Waals surface area contributed by atoms with Crippen LogP contribution in [0.4, 0.5) is 13.2 Å². The molecule has 1 aliphatic carbocycles. The standard InChI is InChI=1S/C26H28F3NO6/c1-5-36-25(32)23(16-7-11-21(34-3)22(14-16)35-4)15-6-9-18(12-15)30-24(31)17-8-10-20(33-2)19(13-17)26(27,28)29/h6-11,13-15,18,23H,5,12H2,1-4H3,(H,30,31). The van der Waals surface area contributed by atoms with Gasteiger partial charge in [0.2, 0.25) is 0 Å². The molecule has 0 heterocycles. The van der Waals surface area contributed by atoms with Gasteiger partial charge in [-0.3, -0.25) is 9.59 Å². The molecule has 0 saturated carbocycles. The van der Waals surface area contributed by atoms with E-state index < -0.39 is 35.6 Å². The van der Waals surface area contributed by atoms with Crippen molar-refractivity contribution in [3.63, 3.8) is 0 Å². The minimum atomic E-state index is -4.67. The van der Waals surface area contributed by atoms with Crippen LogP contribution in [0.25, 0.3) is 0 Å². The number of hydrogen-bond acceptors (Lipinski definition) is 6. The number of rotatable bonds is 9. The molecule has 0 aromatic heterocycles. The number of hydrogen-bond donors (Lipinski definition) is 1. The van der Waals surface area contributed by atoms with Gasteiger partial charge in [-0.05, 0) is 55.2 Å². The SMILES string of the molecule is CCOC(=O)C(c1ccc(OC)c(OC)c1)C1C=CC(NC(=O)c2ccc(OC)c(C(F)(F)F)c2)C1. The zero-order valence-electron chi connectivity index (χ0n) is 20.3. The number of methoxy groups -OCH3 is 3. The van der Waals surface area contributed by atoms with E-state index in [1.165, 1.54) is 20.3 Å². The van der Waals surface area contributed by atoms with Crippen LogP contribution in [0.5, 0.6) is 17.2 Å². The summed E-state index contributed by atoms with van der Waals surface area (Å²) in [5, 5.41) is 2.73. The summed E-state index contributed by atoms with van der Waals surface area (Å²) in [4.78, 5) is 25.6. The number of nitrogens with one attached hydrogen (secondary N) is 1. The second-order valence-electron chi connectivity index (χ2n) is 8.12. The Balaban J connectivity index is 1.79. The number of benzene rings is 2. The molecule has 2 aromatic rings. The Morgan fingerprint density at radius 1 is 0.972 bits per heavy atom. The fourth-order valence-electron chi connectivity index (χ4n) is 4.24. The molecule has 2 aromatic carbocycles. The van der Waals surface area contributed by atoms with Crippen molar-refractivity contribution in [1.82, 2.24) is 5.32 Å². The number of carbonyl (C=O) groups excluding carboxylic acids is 2. The van der Waals surface area contributed by atoms with E-state index in [4.69, 9.17) is 18.9 Å². The number of carbonyl (C=O) groups is 2. The Hall–Kier alpha value is -3.69. The van der Waals surface area contributed by atoms with Crippen molar-refractivity contribution < 1.29 is 41.7 Å². The Bertz CT molecular complexity index is 1130. The first-order valence-electron chi connectivity index (χ1n) is 11.3. The molecular formula is C26H28F3NO6. The smallest absolute Gasteiger partial charge is 0.419 e. The van der Waals surface area contributed by atoms with Crippen molar-refractivity contribution in [1.29, 1.82) is 0 Å². The molecule has 10 heteroatoms. The fourth-order valence-corrected chi connectivity index (χ4v) is 4.24. The zero-order valence-corrected chi connectivity index (χ0v) is 20.3. The van der Waals surface area contributed by atoms with E-state index in [0.717, 1.165) is 19.2 Å². The first-order valence-corrected chi connectivity index (χ1v) is 11.3. The summed E-state index contributed by atoms with van der Waals surface area (Å²) < 4.78 is 60.7. The summed E-state index contributed by atoms with van der Waals surface area (Å²) in [5.41, 5.74) is -0.534. The second-order valence-corrected chi connectivity index (χ2v) is 8.12. The lowest BCUT2D eigenvalue weighted by Crippen LogP contribution is -2.34. The molecule has 7 nitrogen and oxygen atoms in total. The molecule has 36 heavy (non-hydrogen) atoms. The van der Waals surface area contributed by atoms with Gasteiger partial charge in [0.1, 0.15) is 5.75 Å². The first-order chi connectivity index (χ1) is 17.1. The molecule has 3 rings (SSSR count). The number of ether oxygens (including phenoxy) is 4. The highest BCUT2D eigenvalue weighted by Crippen LogP contribution is 2.39. The molecule has 0 aliphatic heterocycles. The summed E-state index contributed by atoms with van der Waals surface area (Å²) in [5.74, 6) is -1.51. The monoisotopic (exact) mass is 507 g/mol. The van der Waals surface area contributed by atoms with Gasteiger partial charge in [0.25, 0.3) is 5.91 Å². The predicted octanol–water partition coefficient (Wildman–Crippen LogP) is 4.75. The number of halogens is 3. The highest BCUT2D eigenvalue weighted by atomic mass is 19.4. The van der Waals surface area contributed by atoms with Crippen molar-refractivity contribution in [2.45, 2.75) is 31.5 Å². The average Bonchev–Trinajstić information content (AvgIpc) is 3.30. The van der Waals surface area contributed by atoms with E-state index in [9.17, 15) is 22.8 Å². The number of amides is 1. The van der Waals surface area contributed by atoms with Crippen LogP contribution in [-0.2, 0) is 15.7 Å². The Morgan fingerprint density at radius 2 is 1.64 bits per heavy atom. The van der Waals surface area contributed by atoms with Gasteiger partial charge in [-0.15, -0.1) is 0 Å². The summed E-state index contributed by atoms with van der Waals surface area (Å²) >= 11 is 0. The molecule has 1 amide bonds. The van der Waals surface area contributed by atoms with E-state index in [1.807, 2.05) is 0 Å². The van der Waals surface area contributed by atoms with Crippen LogP contribution >= 0.6 is 0 Å². The highest BCUT2D eigenvalue weighted by Gasteiger charge is 2.37. The molecule has 1 N–H and O–H groups in total. The van der Waals surface area contributed by atoms with Crippen LogP contribution in [-0.4, -0.2) is 45.9 Å². The van der Waals surface area contributed by atoms with Crippen molar-refractivity contribution in [2.24, 2.45) is 5.92 Å². The van der Waals surface area contributed by atoms with Crippen LogP contribution in [0.15, 0.2) is 48.6 Å². The molecule has 3 unspecified atom stereocenters. The Morgan fingerprint density at radius 3 is 2.25 bits per heavy atom.